The second-order valence-corrected chi connectivity index (χ2v) is 6.33. The van der Waals surface area contributed by atoms with E-state index < -0.39 is 6.10 Å². The van der Waals surface area contributed by atoms with E-state index in [-0.39, 0.29) is 23.7 Å². The summed E-state index contributed by atoms with van der Waals surface area (Å²) in [5, 5.41) is 13.3. The van der Waals surface area contributed by atoms with E-state index in [2.05, 4.69) is 10.3 Å². The number of pyridine rings is 1. The standard InChI is InChI=1S/C19H21FN2O3/c1-12-10-13(8-9-21-12)19(24)22-11-14-2-7-17(18(14)23)25-16-5-3-15(20)4-6-16/h3-6,8-10,14,17-18,23H,2,7,11H2,1H3,(H,22,24)/t14-,17-,18-/m1/s1. The van der Waals surface area contributed by atoms with Gasteiger partial charge in [-0.25, -0.2) is 4.39 Å². The van der Waals surface area contributed by atoms with Crippen molar-refractivity contribution in [3.63, 3.8) is 0 Å². The van der Waals surface area contributed by atoms with Gasteiger partial charge in [0.15, 0.2) is 0 Å². The van der Waals surface area contributed by atoms with Gasteiger partial charge in [0.25, 0.3) is 5.91 Å². The summed E-state index contributed by atoms with van der Waals surface area (Å²) in [6.45, 7) is 2.21. The number of aliphatic hydroxyl groups is 1. The Morgan fingerprint density at radius 1 is 1.32 bits per heavy atom. The largest absolute Gasteiger partial charge is 0.488 e. The Hall–Kier alpha value is -2.47. The predicted octanol–water partition coefficient (Wildman–Crippen LogP) is 2.48. The molecule has 3 rings (SSSR count). The molecular formula is C19H21FN2O3. The van der Waals surface area contributed by atoms with Crippen LogP contribution in [0, 0.1) is 18.7 Å². The Labute approximate surface area is 145 Å². The number of carbonyl (C=O) groups excluding carboxylic acids is 1. The Balaban J connectivity index is 1.52. The van der Waals surface area contributed by atoms with Crippen LogP contribution in [0.5, 0.6) is 5.75 Å². The zero-order chi connectivity index (χ0) is 17.8. The van der Waals surface area contributed by atoms with Crippen LogP contribution < -0.4 is 10.1 Å². The maximum atomic E-state index is 12.9. The average Bonchev–Trinajstić information content (AvgIpc) is 2.95. The van der Waals surface area contributed by atoms with Gasteiger partial charge in [0.1, 0.15) is 17.7 Å². The summed E-state index contributed by atoms with van der Waals surface area (Å²) in [6, 6.07) is 9.12. The fraction of sp³-hybridized carbons (Fsp3) is 0.368. The first-order valence-electron chi connectivity index (χ1n) is 8.34. The van der Waals surface area contributed by atoms with Crippen LogP contribution in [0.4, 0.5) is 4.39 Å². The van der Waals surface area contributed by atoms with Crippen molar-refractivity contribution >= 4 is 5.91 Å². The molecule has 0 radical (unpaired) electrons. The van der Waals surface area contributed by atoms with E-state index in [0.29, 0.717) is 24.3 Å². The van der Waals surface area contributed by atoms with Crippen molar-refractivity contribution in [2.45, 2.75) is 32.0 Å². The van der Waals surface area contributed by atoms with Crippen LogP contribution in [0.3, 0.4) is 0 Å². The van der Waals surface area contributed by atoms with Crippen molar-refractivity contribution in [1.29, 1.82) is 0 Å². The quantitative estimate of drug-likeness (QED) is 0.874. The van der Waals surface area contributed by atoms with Crippen LogP contribution in [0.2, 0.25) is 0 Å². The second-order valence-electron chi connectivity index (χ2n) is 6.33. The van der Waals surface area contributed by atoms with Gasteiger partial charge in [-0.1, -0.05) is 0 Å². The monoisotopic (exact) mass is 344 g/mol. The summed E-state index contributed by atoms with van der Waals surface area (Å²) in [6.07, 6.45) is 2.01. The lowest BCUT2D eigenvalue weighted by atomic mass is 10.1. The molecule has 2 aromatic rings. The van der Waals surface area contributed by atoms with E-state index in [0.717, 1.165) is 12.1 Å². The molecule has 1 aromatic heterocycles. The number of hydrogen-bond donors (Lipinski definition) is 2. The number of aliphatic hydroxyl groups excluding tert-OH is 1. The first-order chi connectivity index (χ1) is 12.0. The number of hydrogen-bond acceptors (Lipinski definition) is 4. The molecule has 1 saturated carbocycles. The number of halogens is 1. The first-order valence-corrected chi connectivity index (χ1v) is 8.34. The summed E-state index contributed by atoms with van der Waals surface area (Å²) < 4.78 is 18.7. The van der Waals surface area contributed by atoms with Gasteiger partial charge in [0.05, 0.1) is 6.10 Å². The molecule has 0 saturated heterocycles. The molecule has 1 amide bonds. The molecule has 0 unspecified atom stereocenters. The zero-order valence-corrected chi connectivity index (χ0v) is 14.0. The van der Waals surface area contributed by atoms with E-state index in [9.17, 15) is 14.3 Å². The molecule has 3 atom stereocenters. The minimum absolute atomic E-state index is 0.0719. The van der Waals surface area contributed by atoms with Crippen LogP contribution in [-0.4, -0.2) is 34.8 Å². The van der Waals surface area contributed by atoms with Gasteiger partial charge in [-0.15, -0.1) is 0 Å². The van der Waals surface area contributed by atoms with E-state index in [1.54, 1.807) is 30.5 Å². The molecule has 0 bridgehead atoms. The Bertz CT molecular complexity index is 736. The van der Waals surface area contributed by atoms with Gasteiger partial charge in [-0.05, 0) is 56.2 Å². The Morgan fingerprint density at radius 3 is 2.80 bits per heavy atom. The highest BCUT2D eigenvalue weighted by atomic mass is 19.1. The summed E-state index contributed by atoms with van der Waals surface area (Å²) in [7, 11) is 0. The van der Waals surface area contributed by atoms with Gasteiger partial charge in [0.2, 0.25) is 0 Å². The molecule has 1 aliphatic rings. The molecule has 25 heavy (non-hydrogen) atoms. The molecule has 5 nitrogen and oxygen atoms in total. The number of rotatable bonds is 5. The summed E-state index contributed by atoms with van der Waals surface area (Å²) >= 11 is 0. The Morgan fingerprint density at radius 2 is 2.08 bits per heavy atom. The number of aryl methyl sites for hydroxylation is 1. The van der Waals surface area contributed by atoms with Crippen molar-refractivity contribution in [1.82, 2.24) is 10.3 Å². The molecule has 1 fully saturated rings. The van der Waals surface area contributed by atoms with Crippen LogP contribution in [-0.2, 0) is 0 Å². The lowest BCUT2D eigenvalue weighted by molar-refractivity contribution is 0.0348. The first kappa shape index (κ1) is 17.4. The molecule has 132 valence electrons. The number of aromatic nitrogens is 1. The molecule has 0 spiro atoms. The van der Waals surface area contributed by atoms with Gasteiger partial charge in [0, 0.05) is 29.9 Å². The maximum Gasteiger partial charge on any atom is 0.251 e. The van der Waals surface area contributed by atoms with Crippen molar-refractivity contribution in [3.05, 3.63) is 59.7 Å². The minimum atomic E-state index is -0.676. The normalized spacial score (nSPS) is 22.6. The smallest absolute Gasteiger partial charge is 0.251 e. The molecule has 0 aliphatic heterocycles. The lowest BCUT2D eigenvalue weighted by Gasteiger charge is -2.21. The van der Waals surface area contributed by atoms with E-state index in [1.165, 1.54) is 12.1 Å². The number of benzene rings is 1. The average molecular weight is 344 g/mol. The van der Waals surface area contributed by atoms with Crippen molar-refractivity contribution < 1.29 is 19.0 Å². The van der Waals surface area contributed by atoms with Gasteiger partial charge in [-0.3, -0.25) is 9.78 Å². The van der Waals surface area contributed by atoms with Gasteiger partial charge < -0.3 is 15.2 Å². The maximum absolute atomic E-state index is 12.9. The summed E-state index contributed by atoms with van der Waals surface area (Å²) in [4.78, 5) is 16.2. The van der Waals surface area contributed by atoms with Crippen molar-refractivity contribution in [3.8, 4) is 5.75 Å². The topological polar surface area (TPSA) is 71.5 Å². The van der Waals surface area contributed by atoms with Gasteiger partial charge in [-0.2, -0.15) is 0 Å². The summed E-state index contributed by atoms with van der Waals surface area (Å²) in [5.74, 6) is -0.0495. The number of nitrogens with zero attached hydrogens (tertiary/aromatic N) is 1. The number of carbonyl (C=O) groups is 1. The van der Waals surface area contributed by atoms with Gasteiger partial charge >= 0.3 is 0 Å². The number of nitrogens with one attached hydrogen (secondary N) is 1. The predicted molar refractivity (Wildman–Crippen MR) is 90.9 cm³/mol. The van der Waals surface area contributed by atoms with Crippen LogP contribution in [0.25, 0.3) is 0 Å². The fourth-order valence-electron chi connectivity index (χ4n) is 3.08. The SMILES string of the molecule is Cc1cc(C(=O)NC[C@H]2CC[C@@H](Oc3ccc(F)cc3)[C@@H]2O)ccn1. The lowest BCUT2D eigenvalue weighted by Crippen LogP contribution is -2.37. The number of ether oxygens (including phenoxy) is 1. The highest BCUT2D eigenvalue weighted by Crippen LogP contribution is 2.29. The molecule has 6 heteroatoms. The minimum Gasteiger partial charge on any atom is -0.488 e. The van der Waals surface area contributed by atoms with Crippen molar-refractivity contribution in [2.24, 2.45) is 5.92 Å². The van der Waals surface area contributed by atoms with Crippen LogP contribution in [0.1, 0.15) is 28.9 Å². The van der Waals surface area contributed by atoms with E-state index in [4.69, 9.17) is 4.74 Å². The van der Waals surface area contributed by atoms with Crippen LogP contribution in [0.15, 0.2) is 42.6 Å². The third-order valence-corrected chi connectivity index (χ3v) is 4.47. The molecule has 1 heterocycles. The fourth-order valence-corrected chi connectivity index (χ4v) is 3.08. The molecular weight excluding hydrogens is 323 g/mol. The van der Waals surface area contributed by atoms with Crippen molar-refractivity contribution in [2.75, 3.05) is 6.54 Å². The third-order valence-electron chi connectivity index (χ3n) is 4.47. The molecule has 1 aliphatic carbocycles. The van der Waals surface area contributed by atoms with E-state index >= 15 is 0 Å². The Kier molecular flexibility index (Phi) is 5.28. The van der Waals surface area contributed by atoms with E-state index in [1.807, 2.05) is 6.92 Å². The second kappa shape index (κ2) is 7.61. The summed E-state index contributed by atoms with van der Waals surface area (Å²) in [5.41, 5.74) is 1.33. The third kappa shape index (κ3) is 4.33. The zero-order valence-electron chi connectivity index (χ0n) is 14.0. The molecule has 1 aromatic carbocycles. The number of amides is 1. The van der Waals surface area contributed by atoms with Crippen LogP contribution >= 0.6 is 0 Å². The highest BCUT2D eigenvalue weighted by molar-refractivity contribution is 5.94. The molecule has 2 N–H and O–H groups in total. The highest BCUT2D eigenvalue weighted by Gasteiger charge is 2.36.